The average molecular weight is 1360 g/mol. The molecule has 15 aromatic heterocycles. The van der Waals surface area contributed by atoms with Crippen molar-refractivity contribution in [1.82, 2.24) is 69.8 Å². The van der Waals surface area contributed by atoms with Crippen LogP contribution in [0.25, 0.3) is 85.8 Å². The Kier molecular flexibility index (Phi) is 15.0. The van der Waals surface area contributed by atoms with Crippen LogP contribution in [-0.2, 0) is 83.2 Å². The lowest BCUT2D eigenvalue weighted by Gasteiger charge is -2.19. The SMILES string of the molecule is [2H]C(C)(C)c1ccc(-c2cn3ccnc3n2C)[n+](C)c1.[2H]C([2H])([2H])c1c[n+](C)c(-c2cn3ccnc3n2C)cc1C.[2H]C([2H])([2H])c1c[n+](C)c(-c2cn3ccnc3n2C)cc1C([2H])(C)C.[2H]C([2H])([2H])c1c[n+](C)c(-c2cn3ccnc3n2C)cc1C([2H])([2H])C(C)(C)C.[2H]C([2H])(c1ccc(-c2cn3ccnc3n2C)[n+](C)c1)C(C)(C)C. The van der Waals surface area contributed by atoms with Crippen LogP contribution in [-0.4, -0.2) is 69.8 Å². The van der Waals surface area contributed by atoms with E-state index in [4.69, 9.17) is 20.6 Å². The number of aromatic nitrogens is 20. The van der Waals surface area contributed by atoms with Crippen LogP contribution in [0.3, 0.4) is 0 Å². The van der Waals surface area contributed by atoms with Crippen LogP contribution in [0.2, 0.25) is 0 Å². The Labute approximate surface area is 610 Å². The van der Waals surface area contributed by atoms with Gasteiger partial charge in [-0.1, -0.05) is 69.2 Å². The number of pyridine rings is 5. The largest absolute Gasteiger partial charge is 0.308 e. The molecule has 0 unspecified atom stereocenters. The number of nitrogens with zero attached hydrogens (tertiary/aromatic N) is 20. The van der Waals surface area contributed by atoms with Crippen molar-refractivity contribution in [3.05, 3.63) is 211 Å². The third kappa shape index (κ3) is 14.6. The summed E-state index contributed by atoms with van der Waals surface area (Å²) >= 11 is 0. The van der Waals surface area contributed by atoms with Crippen LogP contribution in [0, 0.1) is 38.3 Å². The summed E-state index contributed by atoms with van der Waals surface area (Å²) in [6, 6.07) is 13.4. The van der Waals surface area contributed by atoms with Gasteiger partial charge in [0.2, 0.25) is 57.4 Å². The van der Waals surface area contributed by atoms with Gasteiger partial charge in [0.25, 0.3) is 0 Å². The second kappa shape index (κ2) is 28.0. The maximum absolute atomic E-state index is 8.68. The highest BCUT2D eigenvalue weighted by molar-refractivity contribution is 5.61. The van der Waals surface area contributed by atoms with E-state index in [1.165, 1.54) is 6.20 Å². The highest BCUT2D eigenvalue weighted by Crippen LogP contribution is 2.30. The van der Waals surface area contributed by atoms with E-state index in [-0.39, 0.29) is 16.7 Å². The van der Waals surface area contributed by atoms with Gasteiger partial charge < -0.3 is 22.8 Å². The first-order chi connectivity index (χ1) is 53.0. The zero-order valence-corrected chi connectivity index (χ0v) is 61.5. The third-order valence-corrected chi connectivity index (χ3v) is 17.6. The van der Waals surface area contributed by atoms with Gasteiger partial charge in [-0.25, -0.2) is 24.9 Å². The first kappa shape index (κ1) is 53.5. The van der Waals surface area contributed by atoms with Crippen molar-refractivity contribution >= 4 is 28.9 Å². The lowest BCUT2D eigenvalue weighted by atomic mass is 9.86. The van der Waals surface area contributed by atoms with Gasteiger partial charge in [0.05, 0.1) is 0 Å². The highest BCUT2D eigenvalue weighted by atomic mass is 15.2. The second-order valence-electron chi connectivity index (χ2n) is 28.2. The summed E-state index contributed by atoms with van der Waals surface area (Å²) in [6.07, 6.45) is 33.7. The highest BCUT2D eigenvalue weighted by Gasteiger charge is 2.26. The van der Waals surface area contributed by atoms with Crippen LogP contribution >= 0.6 is 0 Å². The van der Waals surface area contributed by atoms with Gasteiger partial charge in [-0.3, -0.25) is 22.0 Å². The molecule has 0 aliphatic rings. The molecule has 0 aromatic carbocycles. The molecular formula is C80H105N20+5. The van der Waals surface area contributed by atoms with E-state index in [0.717, 1.165) is 97.0 Å². The summed E-state index contributed by atoms with van der Waals surface area (Å²) < 4.78 is 150. The van der Waals surface area contributed by atoms with Gasteiger partial charge in [-0.2, -0.15) is 22.8 Å². The van der Waals surface area contributed by atoms with E-state index in [9.17, 15) is 0 Å². The molecule has 0 amide bonds. The predicted molar refractivity (Wildman–Crippen MR) is 397 cm³/mol. The monoisotopic (exact) mass is 1360 g/mol. The normalized spacial score (nSPS) is 14.9. The van der Waals surface area contributed by atoms with E-state index in [1.807, 2.05) is 253 Å². The zero-order chi connectivity index (χ0) is 85.1. The summed E-state index contributed by atoms with van der Waals surface area (Å²) in [5, 5.41) is 0. The molecule has 15 rings (SSSR count). The van der Waals surface area contributed by atoms with Crippen LogP contribution < -0.4 is 22.8 Å². The van der Waals surface area contributed by atoms with E-state index in [0.29, 0.717) is 16.7 Å². The number of rotatable bonds is 9. The number of imidazole rings is 10. The number of hydrogen-bond acceptors (Lipinski definition) is 5. The maximum atomic E-state index is 8.68. The fourth-order valence-electron chi connectivity index (χ4n) is 12.4. The van der Waals surface area contributed by atoms with Crippen molar-refractivity contribution in [1.29, 1.82) is 0 Å². The Bertz CT molecular complexity index is 6100. The minimum Gasteiger partial charge on any atom is -0.308 e. The van der Waals surface area contributed by atoms with Gasteiger partial charge in [-0.15, -0.1) is 0 Å². The Balaban J connectivity index is 0.000000142. The molecule has 15 heterocycles. The molecular weight excluding hydrogens is 1240 g/mol. The van der Waals surface area contributed by atoms with E-state index >= 15 is 0 Å². The molecule has 0 saturated carbocycles. The van der Waals surface area contributed by atoms with Crippen molar-refractivity contribution in [2.75, 3.05) is 0 Å². The molecule has 100 heavy (non-hydrogen) atoms. The molecule has 0 aliphatic carbocycles. The topological polar surface area (TPSA) is 131 Å². The van der Waals surface area contributed by atoms with E-state index in [2.05, 4.69) is 46.3 Å². The summed E-state index contributed by atoms with van der Waals surface area (Å²) in [7, 11) is 19.2. The maximum Gasteiger partial charge on any atom is 0.230 e. The quantitative estimate of drug-likeness (QED) is 0.133. The Hall–Kier alpha value is -10.5. The molecule has 0 radical (unpaired) electrons. The van der Waals surface area contributed by atoms with Gasteiger partial charge in [0.1, 0.15) is 63.7 Å². The zero-order valence-electron chi connectivity index (χ0n) is 76.5. The number of aryl methyl sites for hydroxylation is 14. The molecule has 15 aromatic rings. The third-order valence-electron chi connectivity index (χ3n) is 17.6. The lowest BCUT2D eigenvalue weighted by Crippen LogP contribution is -2.32. The standard InChI is InChI=1S/C18H25N4.C17H23N4.C16H21N4.C15H19N4.C14H17N4/c1-13-11-20(5)15(9-14(13)10-18(2,3)4)16-12-22-8-7-19-17(22)21(16)6;1-17(2,3)10-13-6-7-14(19(4)11-13)15-12-21-9-8-18-16(21)20(15)5;1-11(2)13-8-14(18(4)9-12(13)3)15-10-20-7-6-17-16(20)19(15)5;1-11(2)12-5-6-13(17(3)9-12)14-10-19-8-7-16-15(19)18(14)4;1-10-7-12(16(3)8-11(10)2)13-9-18-6-5-15-14(18)17(13)4/h7-9,11-12H,10H2,1-6H3;6-9,11-12H,10H2,1-5H3;6-11H,1-5H3;5-11H,1-4H3;5-9H,1-4H3/q5*+1/i1D3,10D2;10D2;3D3,11D;11D;2D3. The van der Waals surface area contributed by atoms with Gasteiger partial charge in [0, 0.05) is 207 Å². The molecule has 0 spiro atoms. The van der Waals surface area contributed by atoms with Gasteiger partial charge in [0.15, 0.2) is 31.0 Å². The molecule has 0 atom stereocenters. The first-order valence-electron chi connectivity index (χ1n) is 40.6. The minimum atomic E-state index is -2.41. The van der Waals surface area contributed by atoms with Crippen molar-refractivity contribution < 1.29 is 43.4 Å². The minimum absolute atomic E-state index is 0.0349. The summed E-state index contributed by atoms with van der Waals surface area (Å²) in [5.41, 5.74) is 12.1. The summed E-state index contributed by atoms with van der Waals surface area (Å²) in [6.45, 7) is 13.4. The average Bonchev–Trinajstić information content (AvgIpc) is 1.71. The lowest BCUT2D eigenvalue weighted by molar-refractivity contribution is -0.661. The second-order valence-corrected chi connectivity index (χ2v) is 28.2. The van der Waals surface area contributed by atoms with Crippen LogP contribution in [0.1, 0.15) is 146 Å². The Morgan fingerprint density at radius 1 is 0.400 bits per heavy atom. The molecule has 520 valence electrons. The van der Waals surface area contributed by atoms with Crippen LogP contribution in [0.4, 0.5) is 0 Å². The first-order valence-corrected chi connectivity index (χ1v) is 33.1. The molecule has 0 saturated heterocycles. The number of hydrogen-bond donors (Lipinski definition) is 0. The van der Waals surface area contributed by atoms with Crippen molar-refractivity contribution in [3.63, 3.8) is 0 Å². The van der Waals surface area contributed by atoms with Gasteiger partial charge >= 0.3 is 0 Å². The Morgan fingerprint density at radius 3 is 1.09 bits per heavy atom. The van der Waals surface area contributed by atoms with E-state index < -0.39 is 55.9 Å². The molecule has 0 N–H and O–H groups in total. The van der Waals surface area contributed by atoms with Gasteiger partial charge in [-0.05, 0) is 91.7 Å². The Morgan fingerprint density at radius 2 is 0.740 bits per heavy atom. The van der Waals surface area contributed by atoms with Crippen LogP contribution in [0.15, 0.2) is 166 Å². The van der Waals surface area contributed by atoms with E-state index in [1.54, 1.807) is 100 Å². The summed E-state index contributed by atoms with van der Waals surface area (Å²) in [4.78, 5) is 21.6. The fourth-order valence-corrected chi connectivity index (χ4v) is 12.4. The number of fused-ring (bicyclic) bond motifs is 5. The van der Waals surface area contributed by atoms with Crippen LogP contribution in [0.5, 0.6) is 0 Å². The smallest absolute Gasteiger partial charge is 0.230 e. The predicted octanol–water partition coefficient (Wildman–Crippen LogP) is 12.5. The molecule has 20 nitrogen and oxygen atoms in total. The molecule has 0 bridgehead atoms. The molecule has 0 fully saturated rings. The van der Waals surface area contributed by atoms with Crippen molar-refractivity contribution in [3.8, 4) is 56.9 Å². The molecule has 20 heteroatoms. The van der Waals surface area contributed by atoms with Crippen molar-refractivity contribution in [2.45, 2.75) is 121 Å². The summed E-state index contributed by atoms with van der Waals surface area (Å²) in [5.74, 6) is 2.61. The van der Waals surface area contributed by atoms with Crippen molar-refractivity contribution in [2.24, 2.45) is 81.3 Å². The fraction of sp³-hybridized carbons (Fsp3) is 0.375. The molecule has 0 aliphatic heterocycles.